The summed E-state index contributed by atoms with van der Waals surface area (Å²) in [6.07, 6.45) is 1.59. The molecule has 0 atom stereocenters. The molecule has 0 radical (unpaired) electrons. The van der Waals surface area contributed by atoms with Crippen molar-refractivity contribution in [1.82, 2.24) is 5.32 Å². The maximum absolute atomic E-state index is 13.5. The van der Waals surface area contributed by atoms with E-state index in [1.165, 1.54) is 11.8 Å². The fourth-order valence-corrected chi connectivity index (χ4v) is 4.83. The van der Waals surface area contributed by atoms with Gasteiger partial charge >= 0.3 is 0 Å². The minimum Gasteiger partial charge on any atom is -0.494 e. The molecule has 2 N–H and O–H groups in total. The molecule has 0 unspecified atom stereocenters. The van der Waals surface area contributed by atoms with Crippen molar-refractivity contribution in [3.05, 3.63) is 126 Å². The van der Waals surface area contributed by atoms with E-state index in [0.717, 1.165) is 10.6 Å². The number of thioether (sulfide) groups is 1. The molecule has 8 heteroatoms. The molecule has 0 saturated carbocycles. The monoisotopic (exact) mass is 580 g/mol. The van der Waals surface area contributed by atoms with Crippen LogP contribution in [-0.4, -0.2) is 36.6 Å². The Bertz CT molecular complexity index is 1550. The molecule has 0 bridgehead atoms. The zero-order chi connectivity index (χ0) is 29.7. The van der Waals surface area contributed by atoms with Gasteiger partial charge in [0.2, 0.25) is 0 Å². The molecule has 214 valence electrons. The normalized spacial score (nSPS) is 11.0. The fourth-order valence-electron chi connectivity index (χ4n) is 3.98. The first-order valence-corrected chi connectivity index (χ1v) is 14.6. The highest BCUT2D eigenvalue weighted by Crippen LogP contribution is 2.25. The summed E-state index contributed by atoms with van der Waals surface area (Å²) < 4.78 is 11.2. The van der Waals surface area contributed by atoms with Crippen LogP contribution in [0.5, 0.6) is 11.5 Å². The Morgan fingerprint density at radius 3 is 2.21 bits per heavy atom. The zero-order valence-electron chi connectivity index (χ0n) is 23.5. The number of amides is 2. The van der Waals surface area contributed by atoms with Crippen LogP contribution in [0.25, 0.3) is 6.08 Å². The number of hydrogen-bond acceptors (Lipinski definition) is 6. The molecule has 0 fully saturated rings. The molecule has 42 heavy (non-hydrogen) atoms. The van der Waals surface area contributed by atoms with Crippen LogP contribution in [-0.2, 0) is 4.79 Å². The summed E-state index contributed by atoms with van der Waals surface area (Å²) in [6, 6.07) is 30.3. The van der Waals surface area contributed by atoms with Crippen LogP contribution < -0.4 is 20.1 Å². The SMILES string of the molecule is CCOc1ccc(C(=O)CSc2cccc(NC(=O)/C(=C/c3ccccc3OCC)NC(=O)c3ccccc3)c2)cc1. The molecule has 0 aromatic heterocycles. The number of rotatable bonds is 13. The number of carbonyl (C=O) groups is 3. The minimum absolute atomic E-state index is 0.0145. The maximum atomic E-state index is 13.5. The van der Waals surface area contributed by atoms with E-state index in [4.69, 9.17) is 9.47 Å². The van der Waals surface area contributed by atoms with Crippen LogP contribution in [0.3, 0.4) is 0 Å². The fraction of sp³-hybridized carbons (Fsp3) is 0.147. The smallest absolute Gasteiger partial charge is 0.272 e. The molecule has 0 aliphatic carbocycles. The van der Waals surface area contributed by atoms with Gasteiger partial charge in [0.05, 0.1) is 19.0 Å². The first-order chi connectivity index (χ1) is 20.5. The zero-order valence-corrected chi connectivity index (χ0v) is 24.3. The molecule has 4 rings (SSSR count). The Kier molecular flexibility index (Phi) is 10.9. The summed E-state index contributed by atoms with van der Waals surface area (Å²) in [5.74, 6) is 0.618. The molecule has 0 aliphatic rings. The summed E-state index contributed by atoms with van der Waals surface area (Å²) in [4.78, 5) is 40.0. The number of ether oxygens (including phenoxy) is 2. The minimum atomic E-state index is -0.502. The lowest BCUT2D eigenvalue weighted by Gasteiger charge is -2.13. The second-order valence-electron chi connectivity index (χ2n) is 9.00. The van der Waals surface area contributed by atoms with E-state index in [-0.39, 0.29) is 17.2 Å². The van der Waals surface area contributed by atoms with Crippen molar-refractivity contribution in [2.24, 2.45) is 0 Å². The highest BCUT2D eigenvalue weighted by atomic mass is 32.2. The van der Waals surface area contributed by atoms with Gasteiger partial charge in [0.15, 0.2) is 5.78 Å². The van der Waals surface area contributed by atoms with Crippen molar-refractivity contribution >= 4 is 41.1 Å². The van der Waals surface area contributed by atoms with Gasteiger partial charge < -0.3 is 20.1 Å². The third-order valence-corrected chi connectivity index (χ3v) is 6.99. The Balaban J connectivity index is 1.49. The van der Waals surface area contributed by atoms with Crippen LogP contribution in [0.1, 0.15) is 40.1 Å². The largest absolute Gasteiger partial charge is 0.494 e. The second kappa shape index (κ2) is 15.3. The standard InChI is InChI=1S/C34H32N2O5S/c1-3-40-28-19-17-24(18-20-28)31(37)23-42-29-15-10-14-27(22-29)35-34(39)30(36-33(38)25-11-6-5-7-12-25)21-26-13-8-9-16-32(26)41-4-2/h5-22H,3-4,23H2,1-2H3,(H,35,39)(H,36,38)/b30-21-. The average Bonchev–Trinajstić information content (AvgIpc) is 3.01. The van der Waals surface area contributed by atoms with Crippen LogP contribution in [0.15, 0.2) is 114 Å². The molecule has 7 nitrogen and oxygen atoms in total. The van der Waals surface area contributed by atoms with E-state index >= 15 is 0 Å². The summed E-state index contributed by atoms with van der Waals surface area (Å²) >= 11 is 1.37. The highest BCUT2D eigenvalue weighted by Gasteiger charge is 2.17. The van der Waals surface area contributed by atoms with Gasteiger partial charge in [-0.1, -0.05) is 42.5 Å². The van der Waals surface area contributed by atoms with Crippen molar-refractivity contribution in [2.45, 2.75) is 18.7 Å². The van der Waals surface area contributed by atoms with E-state index < -0.39 is 11.8 Å². The van der Waals surface area contributed by atoms with Crippen molar-refractivity contribution < 1.29 is 23.9 Å². The first-order valence-electron chi connectivity index (χ1n) is 13.6. The third kappa shape index (κ3) is 8.59. The lowest BCUT2D eigenvalue weighted by Crippen LogP contribution is -2.30. The number of nitrogens with one attached hydrogen (secondary N) is 2. The quantitative estimate of drug-likeness (QED) is 0.102. The van der Waals surface area contributed by atoms with Crippen LogP contribution in [0.4, 0.5) is 5.69 Å². The van der Waals surface area contributed by atoms with Crippen molar-refractivity contribution in [3.8, 4) is 11.5 Å². The van der Waals surface area contributed by atoms with Gasteiger partial charge in [0.25, 0.3) is 11.8 Å². The van der Waals surface area contributed by atoms with Gasteiger partial charge in [0.1, 0.15) is 17.2 Å². The average molecular weight is 581 g/mol. The molecule has 0 saturated heterocycles. The van der Waals surface area contributed by atoms with E-state index in [1.807, 2.05) is 44.2 Å². The van der Waals surface area contributed by atoms with Gasteiger partial charge in [0, 0.05) is 27.3 Å². The van der Waals surface area contributed by atoms with Crippen molar-refractivity contribution in [2.75, 3.05) is 24.3 Å². The number of benzene rings is 4. The Morgan fingerprint density at radius 2 is 1.48 bits per heavy atom. The van der Waals surface area contributed by atoms with E-state index in [1.54, 1.807) is 78.9 Å². The predicted molar refractivity (Wildman–Crippen MR) is 167 cm³/mol. The van der Waals surface area contributed by atoms with Gasteiger partial charge in [-0.2, -0.15) is 0 Å². The molecule has 0 spiro atoms. The van der Waals surface area contributed by atoms with Gasteiger partial charge in [-0.05, 0) is 80.6 Å². The number of hydrogen-bond donors (Lipinski definition) is 2. The van der Waals surface area contributed by atoms with Gasteiger partial charge in [-0.15, -0.1) is 11.8 Å². The van der Waals surface area contributed by atoms with E-state index in [2.05, 4.69) is 10.6 Å². The van der Waals surface area contributed by atoms with Crippen molar-refractivity contribution in [3.63, 3.8) is 0 Å². The third-order valence-electron chi connectivity index (χ3n) is 6.00. The molecule has 0 heterocycles. The number of ketones is 1. The molecular formula is C34H32N2O5S. The summed E-state index contributed by atoms with van der Waals surface area (Å²) in [5.41, 5.74) is 2.25. The molecule has 4 aromatic carbocycles. The van der Waals surface area contributed by atoms with Gasteiger partial charge in [-0.25, -0.2) is 0 Å². The lowest BCUT2D eigenvalue weighted by molar-refractivity contribution is -0.113. The molecule has 2 amide bonds. The second-order valence-corrected chi connectivity index (χ2v) is 10.0. The Labute approximate surface area is 249 Å². The van der Waals surface area contributed by atoms with Gasteiger partial charge in [-0.3, -0.25) is 14.4 Å². The van der Waals surface area contributed by atoms with E-state index in [0.29, 0.717) is 41.3 Å². The molecule has 0 aliphatic heterocycles. The lowest BCUT2D eigenvalue weighted by atomic mass is 10.1. The summed E-state index contributed by atoms with van der Waals surface area (Å²) in [5, 5.41) is 5.63. The number of anilines is 1. The number of carbonyl (C=O) groups excluding carboxylic acids is 3. The number of Topliss-reactive ketones (excluding diaryl/α,β-unsaturated/α-hetero) is 1. The summed E-state index contributed by atoms with van der Waals surface area (Å²) in [7, 11) is 0. The van der Waals surface area contributed by atoms with Crippen LogP contribution in [0, 0.1) is 0 Å². The topological polar surface area (TPSA) is 93.7 Å². The predicted octanol–water partition coefficient (Wildman–Crippen LogP) is 6.87. The molecular weight excluding hydrogens is 548 g/mol. The first kappa shape index (κ1) is 30.1. The van der Waals surface area contributed by atoms with E-state index in [9.17, 15) is 14.4 Å². The summed E-state index contributed by atoms with van der Waals surface area (Å²) in [6.45, 7) is 4.80. The van der Waals surface area contributed by atoms with Crippen molar-refractivity contribution in [1.29, 1.82) is 0 Å². The number of para-hydroxylation sites is 1. The Hall–Kier alpha value is -4.82. The Morgan fingerprint density at radius 1 is 0.762 bits per heavy atom. The highest BCUT2D eigenvalue weighted by molar-refractivity contribution is 8.00. The van der Waals surface area contributed by atoms with Crippen LogP contribution in [0.2, 0.25) is 0 Å². The van der Waals surface area contributed by atoms with Crippen LogP contribution >= 0.6 is 11.8 Å². The molecule has 4 aromatic rings. The maximum Gasteiger partial charge on any atom is 0.272 e.